The van der Waals surface area contributed by atoms with Crippen molar-refractivity contribution in [1.29, 1.82) is 0 Å². The van der Waals surface area contributed by atoms with E-state index in [0.717, 1.165) is 72.8 Å². The van der Waals surface area contributed by atoms with Crippen LogP contribution in [0.25, 0.3) is 0 Å². The predicted molar refractivity (Wildman–Crippen MR) is 411 cm³/mol. The summed E-state index contributed by atoms with van der Waals surface area (Å²) in [6.45, 7) is 41.5. The molecule has 0 aromatic heterocycles. The zero-order chi connectivity index (χ0) is 63.8. The Morgan fingerprint density at radius 1 is 0.330 bits per heavy atom. The molecule has 0 spiro atoms. The Bertz CT molecular complexity index is 2620. The number of ether oxygens (including phenoxy) is 5. The highest BCUT2D eigenvalue weighted by molar-refractivity contribution is 5.77. The van der Waals surface area contributed by atoms with E-state index in [1.807, 2.05) is 245 Å². The summed E-state index contributed by atoms with van der Waals surface area (Å²) in [7, 11) is 0. The molecule has 0 N–H and O–H groups in total. The molecule has 5 rings (SSSR count). The fourth-order valence-corrected chi connectivity index (χ4v) is 7.86. The highest BCUT2D eigenvalue weighted by Crippen LogP contribution is 2.33. The monoisotopic (exact) mass is 1320 g/mol. The molecule has 0 saturated carbocycles. The first-order valence-corrected chi connectivity index (χ1v) is 30.8. The van der Waals surface area contributed by atoms with Crippen molar-refractivity contribution in [3.8, 4) is 0 Å². The van der Waals surface area contributed by atoms with Crippen LogP contribution in [0.4, 0.5) is 0 Å². The maximum absolute atomic E-state index is 12.2. The number of rotatable bonds is 23. The Morgan fingerprint density at radius 2 is 0.617 bits per heavy atom. The van der Waals surface area contributed by atoms with E-state index < -0.39 is 16.2 Å². The van der Waals surface area contributed by atoms with Crippen LogP contribution in [0.3, 0.4) is 0 Å². The van der Waals surface area contributed by atoms with Crippen LogP contribution in [0.1, 0.15) is 320 Å². The van der Waals surface area contributed by atoms with Crippen LogP contribution in [0.15, 0.2) is 140 Å². The second-order valence-corrected chi connectivity index (χ2v) is 24.1. The van der Waals surface area contributed by atoms with Gasteiger partial charge in [0.15, 0.2) is 0 Å². The Kier molecular flexibility index (Phi) is 64.6. The Morgan fingerprint density at radius 3 is 0.926 bits per heavy atom. The van der Waals surface area contributed by atoms with Crippen molar-refractivity contribution >= 4 is 29.8 Å². The van der Waals surface area contributed by atoms with E-state index in [-0.39, 0.29) is 152 Å². The average molecular weight is 1320 g/mol. The molecule has 0 bridgehead atoms. The van der Waals surface area contributed by atoms with Crippen molar-refractivity contribution in [3.63, 3.8) is 0 Å². The molecule has 7 unspecified atom stereocenters. The van der Waals surface area contributed by atoms with Crippen LogP contribution in [0.2, 0.25) is 0 Å². The first-order chi connectivity index (χ1) is 39.5. The van der Waals surface area contributed by atoms with Crippen LogP contribution in [0, 0.1) is 47.8 Å². The fraction of sp³-hybridized carbons (Fsp3) is 0.583. The van der Waals surface area contributed by atoms with E-state index in [1.54, 1.807) is 0 Å². The van der Waals surface area contributed by atoms with Gasteiger partial charge in [-0.25, -0.2) is 0 Å². The normalized spacial score (nSPS) is 12.2. The van der Waals surface area contributed by atoms with E-state index >= 15 is 0 Å². The molecule has 0 amide bonds. The Balaban J connectivity index is -0.000000114. The van der Waals surface area contributed by atoms with Crippen molar-refractivity contribution in [1.82, 2.24) is 0 Å². The Hall–Kier alpha value is -6.55. The molecule has 5 aromatic carbocycles. The van der Waals surface area contributed by atoms with Gasteiger partial charge in [0, 0.05) is 0 Å². The standard InChI is InChI=1S/2C16H24O2.C15H22O2.C14H20O2.C13H18O2.10CH4/c1-7-16(5,6)15(17)18-13(4)14-11(2)9-8-10-12(14)3;1-6-16(4,5)15(17)18-14(12(2)3)13-10-8-7-9-11-13;1-5-13(12-10-8-7-9-11-12)17-14(16)15(3,4)6-2;1-4-11(3)14(15)16-13(5-2)12-9-7-6-8-10-12;1-4-10(2)13(14)15-11(3)12-8-6-5-7-9-12;;;;;;;;;;/h8-10,13H,7H2,1-6H3;7-12,14H,6H2,1-5H3;7-11,13H,5-6H2,1-4H3;6-11,13H,4-5H2,1-3H3;5-11H,4H2,1-3H3;10*1H4. The molecular formula is C84H148O10. The van der Waals surface area contributed by atoms with Gasteiger partial charge in [0.1, 0.15) is 30.5 Å². The summed E-state index contributed by atoms with van der Waals surface area (Å²) in [6, 6.07) is 45.7. The summed E-state index contributed by atoms with van der Waals surface area (Å²) in [5.41, 5.74) is 6.47. The van der Waals surface area contributed by atoms with Gasteiger partial charge in [0.25, 0.3) is 0 Å². The van der Waals surface area contributed by atoms with Crippen molar-refractivity contribution in [2.45, 2.75) is 295 Å². The number of aryl methyl sites for hydroxylation is 2. The zero-order valence-electron chi connectivity index (χ0n) is 55.4. The first-order valence-electron chi connectivity index (χ1n) is 30.8. The third-order valence-electron chi connectivity index (χ3n) is 15.7. The lowest BCUT2D eigenvalue weighted by atomic mass is 9.90. The molecule has 0 radical (unpaired) electrons. The summed E-state index contributed by atoms with van der Waals surface area (Å²) in [5, 5.41) is 0. The molecule has 0 saturated heterocycles. The van der Waals surface area contributed by atoms with Gasteiger partial charge in [-0.3, -0.25) is 24.0 Å². The third-order valence-corrected chi connectivity index (χ3v) is 15.7. The van der Waals surface area contributed by atoms with Crippen LogP contribution in [-0.2, 0) is 47.7 Å². The average Bonchev–Trinajstić information content (AvgIpc) is 0.893. The SMILES string of the molecule is C.C.C.C.C.C.C.C.C.C.CCC(C)(C)C(=O)OC(C)c1c(C)cccc1C.CCC(C)(C)C(=O)OC(c1ccccc1)C(C)C.CCC(C)C(=O)OC(C)c1ccccc1.CCC(C)C(=O)OC(CC)c1ccccc1.CCC(OC(=O)C(C)(C)CC)c1ccccc1. The summed E-state index contributed by atoms with van der Waals surface area (Å²) < 4.78 is 27.8. The van der Waals surface area contributed by atoms with E-state index in [4.69, 9.17) is 23.7 Å². The highest BCUT2D eigenvalue weighted by Gasteiger charge is 2.33. The molecule has 0 aliphatic carbocycles. The molecule has 10 nitrogen and oxygen atoms in total. The van der Waals surface area contributed by atoms with Gasteiger partial charge in [0.2, 0.25) is 0 Å². The van der Waals surface area contributed by atoms with Gasteiger partial charge in [-0.05, 0) is 159 Å². The molecular weight excluding hydrogens is 1170 g/mol. The van der Waals surface area contributed by atoms with Crippen molar-refractivity contribution < 1.29 is 47.7 Å². The minimum atomic E-state index is -0.415. The van der Waals surface area contributed by atoms with E-state index in [0.29, 0.717) is 0 Å². The molecule has 5 aromatic rings. The summed E-state index contributed by atoms with van der Waals surface area (Å²) in [5.74, 6) is -0.339. The van der Waals surface area contributed by atoms with Crippen molar-refractivity contribution in [2.24, 2.45) is 34.0 Å². The summed E-state index contributed by atoms with van der Waals surface area (Å²) >= 11 is 0. The quantitative estimate of drug-likeness (QED) is 0.0460. The molecule has 0 fully saturated rings. The molecule has 0 aliphatic rings. The highest BCUT2D eigenvalue weighted by atomic mass is 16.6. The lowest BCUT2D eigenvalue weighted by molar-refractivity contribution is -0.163. The van der Waals surface area contributed by atoms with E-state index in [1.165, 1.54) is 11.1 Å². The van der Waals surface area contributed by atoms with Crippen molar-refractivity contribution in [2.75, 3.05) is 0 Å². The number of hydrogen-bond acceptors (Lipinski definition) is 10. The lowest BCUT2D eigenvalue weighted by Crippen LogP contribution is -2.28. The third kappa shape index (κ3) is 38.1. The number of carbonyl (C=O) groups excluding carboxylic acids is 5. The lowest BCUT2D eigenvalue weighted by Gasteiger charge is -2.27. The van der Waals surface area contributed by atoms with Gasteiger partial charge in [-0.1, -0.05) is 290 Å². The molecule has 0 heterocycles. The minimum absolute atomic E-state index is 0. The van der Waals surface area contributed by atoms with Gasteiger partial charge in [0.05, 0.1) is 28.1 Å². The van der Waals surface area contributed by atoms with Gasteiger partial charge >= 0.3 is 29.8 Å². The molecule has 544 valence electrons. The maximum Gasteiger partial charge on any atom is 0.312 e. The molecule has 10 heteroatoms. The van der Waals surface area contributed by atoms with Gasteiger partial charge < -0.3 is 23.7 Å². The summed E-state index contributed by atoms with van der Waals surface area (Å²) in [6.07, 6.45) is 4.86. The topological polar surface area (TPSA) is 132 Å². The number of esters is 5. The second kappa shape index (κ2) is 55.7. The summed E-state index contributed by atoms with van der Waals surface area (Å²) in [4.78, 5) is 59.5. The van der Waals surface area contributed by atoms with Crippen LogP contribution < -0.4 is 0 Å². The Labute approximate surface area is 582 Å². The molecule has 0 aliphatic heterocycles. The number of hydrogen-bond donors (Lipinski definition) is 0. The predicted octanol–water partition coefficient (Wildman–Crippen LogP) is 26.2. The largest absolute Gasteiger partial charge is 0.458 e. The van der Waals surface area contributed by atoms with Gasteiger partial charge in [-0.15, -0.1) is 0 Å². The number of carbonyl (C=O) groups is 5. The van der Waals surface area contributed by atoms with Crippen LogP contribution in [-0.4, -0.2) is 29.8 Å². The number of benzene rings is 5. The minimum Gasteiger partial charge on any atom is -0.458 e. The molecule has 7 atom stereocenters. The fourth-order valence-electron chi connectivity index (χ4n) is 7.86. The van der Waals surface area contributed by atoms with Crippen molar-refractivity contribution in [3.05, 3.63) is 178 Å². The zero-order valence-corrected chi connectivity index (χ0v) is 55.4. The van der Waals surface area contributed by atoms with E-state index in [9.17, 15) is 24.0 Å². The van der Waals surface area contributed by atoms with Crippen LogP contribution in [0.5, 0.6) is 0 Å². The smallest absolute Gasteiger partial charge is 0.312 e. The van der Waals surface area contributed by atoms with Gasteiger partial charge in [-0.2, -0.15) is 0 Å². The molecule has 94 heavy (non-hydrogen) atoms. The first kappa shape index (κ1) is 109. The maximum atomic E-state index is 12.2. The van der Waals surface area contributed by atoms with E-state index in [2.05, 4.69) is 39.8 Å². The van der Waals surface area contributed by atoms with Crippen LogP contribution >= 0.6 is 0 Å². The second-order valence-electron chi connectivity index (χ2n) is 24.1.